The SMILES string of the molecule is Cc1ccc(NC(=O)C(=O)N2CCCn3cncc3C2)c(C)c1. The van der Waals surface area contributed by atoms with Crippen molar-refractivity contribution in [3.05, 3.63) is 47.5 Å². The fourth-order valence-corrected chi connectivity index (χ4v) is 2.83. The van der Waals surface area contributed by atoms with E-state index in [1.54, 1.807) is 17.4 Å². The van der Waals surface area contributed by atoms with Gasteiger partial charge in [0.1, 0.15) is 0 Å². The van der Waals surface area contributed by atoms with E-state index in [-0.39, 0.29) is 0 Å². The molecular formula is C17H20N4O2. The Balaban J connectivity index is 1.71. The minimum atomic E-state index is -0.593. The van der Waals surface area contributed by atoms with Crippen LogP contribution in [0.1, 0.15) is 23.2 Å². The summed E-state index contributed by atoms with van der Waals surface area (Å²) >= 11 is 0. The Morgan fingerprint density at radius 2 is 2.04 bits per heavy atom. The average molecular weight is 312 g/mol. The van der Waals surface area contributed by atoms with Gasteiger partial charge in [-0.1, -0.05) is 17.7 Å². The number of fused-ring (bicyclic) bond motifs is 1. The zero-order valence-electron chi connectivity index (χ0n) is 13.4. The Hall–Kier alpha value is -2.63. The molecule has 2 aromatic rings. The number of aryl methyl sites for hydroxylation is 3. The lowest BCUT2D eigenvalue weighted by molar-refractivity contribution is -0.143. The van der Waals surface area contributed by atoms with Crippen LogP contribution in [0.3, 0.4) is 0 Å². The van der Waals surface area contributed by atoms with E-state index in [4.69, 9.17) is 0 Å². The number of nitrogens with zero attached hydrogens (tertiary/aromatic N) is 3. The van der Waals surface area contributed by atoms with Crippen molar-refractivity contribution in [2.45, 2.75) is 33.4 Å². The van der Waals surface area contributed by atoms with Gasteiger partial charge in [-0.05, 0) is 31.9 Å². The van der Waals surface area contributed by atoms with E-state index >= 15 is 0 Å². The van der Waals surface area contributed by atoms with Gasteiger partial charge in [-0.25, -0.2) is 4.98 Å². The minimum absolute atomic E-state index is 0.416. The molecule has 0 radical (unpaired) electrons. The molecule has 0 unspecified atom stereocenters. The van der Waals surface area contributed by atoms with E-state index < -0.39 is 11.8 Å². The Kier molecular flexibility index (Phi) is 4.14. The molecule has 6 nitrogen and oxygen atoms in total. The van der Waals surface area contributed by atoms with Crippen molar-refractivity contribution in [3.63, 3.8) is 0 Å². The van der Waals surface area contributed by atoms with Gasteiger partial charge in [0.2, 0.25) is 0 Å². The van der Waals surface area contributed by atoms with Crippen molar-refractivity contribution in [3.8, 4) is 0 Å². The molecule has 1 aromatic carbocycles. The highest BCUT2D eigenvalue weighted by atomic mass is 16.2. The first-order valence-corrected chi connectivity index (χ1v) is 7.71. The smallest absolute Gasteiger partial charge is 0.313 e. The van der Waals surface area contributed by atoms with Crippen LogP contribution in [0.15, 0.2) is 30.7 Å². The third kappa shape index (κ3) is 3.26. The average Bonchev–Trinajstić information content (AvgIpc) is 2.86. The van der Waals surface area contributed by atoms with Crippen LogP contribution >= 0.6 is 0 Å². The molecule has 1 aromatic heterocycles. The molecule has 0 spiro atoms. The van der Waals surface area contributed by atoms with E-state index in [0.29, 0.717) is 18.8 Å². The Morgan fingerprint density at radius 1 is 1.22 bits per heavy atom. The first kappa shape index (κ1) is 15.3. The van der Waals surface area contributed by atoms with Crippen molar-refractivity contribution >= 4 is 17.5 Å². The third-order valence-electron chi connectivity index (χ3n) is 4.09. The maximum atomic E-state index is 12.4. The highest BCUT2D eigenvalue weighted by Crippen LogP contribution is 2.17. The number of amides is 2. The van der Waals surface area contributed by atoms with Crippen LogP contribution in [-0.2, 0) is 22.7 Å². The zero-order valence-corrected chi connectivity index (χ0v) is 13.4. The summed E-state index contributed by atoms with van der Waals surface area (Å²) in [7, 11) is 0. The number of hydrogen-bond acceptors (Lipinski definition) is 3. The predicted molar refractivity (Wildman–Crippen MR) is 86.8 cm³/mol. The number of benzene rings is 1. The normalized spacial score (nSPS) is 14.1. The van der Waals surface area contributed by atoms with E-state index in [9.17, 15) is 9.59 Å². The molecule has 3 rings (SSSR count). The van der Waals surface area contributed by atoms with Crippen molar-refractivity contribution in [1.29, 1.82) is 0 Å². The topological polar surface area (TPSA) is 67.2 Å². The number of aromatic nitrogens is 2. The monoisotopic (exact) mass is 312 g/mol. The van der Waals surface area contributed by atoms with Crippen LogP contribution in [-0.4, -0.2) is 32.8 Å². The lowest BCUT2D eigenvalue weighted by atomic mass is 10.1. The highest BCUT2D eigenvalue weighted by molar-refractivity contribution is 6.39. The number of nitrogens with one attached hydrogen (secondary N) is 1. The first-order valence-electron chi connectivity index (χ1n) is 7.71. The highest BCUT2D eigenvalue weighted by Gasteiger charge is 2.25. The molecule has 0 atom stereocenters. The summed E-state index contributed by atoms with van der Waals surface area (Å²) in [5, 5.41) is 2.72. The summed E-state index contributed by atoms with van der Waals surface area (Å²) in [6.45, 7) is 5.71. The third-order valence-corrected chi connectivity index (χ3v) is 4.09. The van der Waals surface area contributed by atoms with E-state index in [1.165, 1.54) is 0 Å². The van der Waals surface area contributed by atoms with Crippen molar-refractivity contribution in [1.82, 2.24) is 14.5 Å². The molecule has 6 heteroatoms. The molecule has 120 valence electrons. The van der Waals surface area contributed by atoms with Gasteiger partial charge in [0.15, 0.2) is 0 Å². The number of imidazole rings is 1. The van der Waals surface area contributed by atoms with Crippen LogP contribution in [0.4, 0.5) is 5.69 Å². The second-order valence-electron chi connectivity index (χ2n) is 5.93. The molecule has 1 N–H and O–H groups in total. The number of anilines is 1. The fraction of sp³-hybridized carbons (Fsp3) is 0.353. The fourth-order valence-electron chi connectivity index (χ4n) is 2.83. The van der Waals surface area contributed by atoms with Gasteiger partial charge in [0.25, 0.3) is 0 Å². The summed E-state index contributed by atoms with van der Waals surface area (Å²) in [5.41, 5.74) is 3.69. The van der Waals surface area contributed by atoms with Gasteiger partial charge in [0.05, 0.1) is 18.6 Å². The number of hydrogen-bond donors (Lipinski definition) is 1. The van der Waals surface area contributed by atoms with Crippen LogP contribution in [0, 0.1) is 13.8 Å². The lowest BCUT2D eigenvalue weighted by Crippen LogP contribution is -2.39. The Morgan fingerprint density at radius 3 is 2.83 bits per heavy atom. The van der Waals surface area contributed by atoms with Crippen LogP contribution in [0.25, 0.3) is 0 Å². The second kappa shape index (κ2) is 6.24. The van der Waals surface area contributed by atoms with Crippen LogP contribution < -0.4 is 5.32 Å². The molecule has 23 heavy (non-hydrogen) atoms. The van der Waals surface area contributed by atoms with Crippen molar-refractivity contribution in [2.24, 2.45) is 0 Å². The molecule has 0 aliphatic carbocycles. The molecule has 0 saturated heterocycles. The van der Waals surface area contributed by atoms with Gasteiger partial charge in [-0.2, -0.15) is 0 Å². The Bertz CT molecular complexity index is 751. The van der Waals surface area contributed by atoms with Gasteiger partial charge < -0.3 is 14.8 Å². The van der Waals surface area contributed by atoms with E-state index in [2.05, 4.69) is 10.3 Å². The summed E-state index contributed by atoms with van der Waals surface area (Å²) in [4.78, 5) is 30.4. The summed E-state index contributed by atoms with van der Waals surface area (Å²) in [5.74, 6) is -1.09. The van der Waals surface area contributed by atoms with Gasteiger partial charge in [-0.15, -0.1) is 0 Å². The summed E-state index contributed by atoms with van der Waals surface area (Å²) in [6, 6.07) is 5.72. The molecule has 2 amide bonds. The van der Waals surface area contributed by atoms with Crippen molar-refractivity contribution < 1.29 is 9.59 Å². The first-order chi connectivity index (χ1) is 11.0. The predicted octanol–water partition coefficient (Wildman–Crippen LogP) is 1.87. The lowest BCUT2D eigenvalue weighted by Gasteiger charge is -2.19. The molecule has 1 aliphatic heterocycles. The summed E-state index contributed by atoms with van der Waals surface area (Å²) < 4.78 is 2.02. The molecule has 0 bridgehead atoms. The number of carbonyl (C=O) groups excluding carboxylic acids is 2. The largest absolute Gasteiger partial charge is 0.333 e. The molecule has 0 fully saturated rings. The van der Waals surface area contributed by atoms with Gasteiger partial charge >= 0.3 is 11.8 Å². The van der Waals surface area contributed by atoms with Crippen LogP contribution in [0.5, 0.6) is 0 Å². The van der Waals surface area contributed by atoms with Gasteiger partial charge in [-0.3, -0.25) is 9.59 Å². The van der Waals surface area contributed by atoms with E-state index in [1.807, 2.05) is 36.6 Å². The minimum Gasteiger partial charge on any atom is -0.333 e. The maximum Gasteiger partial charge on any atom is 0.313 e. The maximum absolute atomic E-state index is 12.4. The second-order valence-corrected chi connectivity index (χ2v) is 5.93. The quantitative estimate of drug-likeness (QED) is 0.818. The number of rotatable bonds is 1. The molecule has 2 heterocycles. The Labute approximate surface area is 135 Å². The zero-order chi connectivity index (χ0) is 16.4. The number of carbonyl (C=O) groups is 2. The van der Waals surface area contributed by atoms with E-state index in [0.717, 1.165) is 29.8 Å². The van der Waals surface area contributed by atoms with Crippen molar-refractivity contribution in [2.75, 3.05) is 11.9 Å². The van der Waals surface area contributed by atoms with Crippen LogP contribution in [0.2, 0.25) is 0 Å². The standard InChI is InChI=1S/C17H20N4O2/c1-12-4-5-15(13(2)8-12)19-16(22)17(23)20-6-3-7-21-11-18-9-14(21)10-20/h4-5,8-9,11H,3,6-7,10H2,1-2H3,(H,19,22). The molecular weight excluding hydrogens is 292 g/mol. The van der Waals surface area contributed by atoms with Gasteiger partial charge in [0, 0.05) is 25.0 Å². The molecule has 0 saturated carbocycles. The molecule has 1 aliphatic rings. The summed E-state index contributed by atoms with van der Waals surface area (Å²) in [6.07, 6.45) is 4.32.